The van der Waals surface area contributed by atoms with E-state index in [9.17, 15) is 0 Å². The first-order chi connectivity index (χ1) is 14.2. The average Bonchev–Trinajstić information content (AvgIpc) is 3.06. The molecule has 3 heterocycles. The number of likely N-dealkylation sites (tertiary alicyclic amines) is 1. The zero-order chi connectivity index (χ0) is 21.1. The number of nitrogens with one attached hydrogen (secondary N) is 1. The van der Waals surface area contributed by atoms with Gasteiger partial charge >= 0.3 is 7.12 Å². The summed E-state index contributed by atoms with van der Waals surface area (Å²) in [5, 5.41) is 8.48. The third kappa shape index (κ3) is 3.41. The summed E-state index contributed by atoms with van der Waals surface area (Å²) in [4.78, 5) is 2.26. The van der Waals surface area contributed by atoms with Crippen molar-refractivity contribution in [1.82, 2.24) is 4.90 Å². The minimum Gasteiger partial charge on any atom is -0.399 e. The second kappa shape index (κ2) is 7.08. The molecule has 0 radical (unpaired) electrons. The van der Waals surface area contributed by atoms with Crippen LogP contribution in [-0.2, 0) is 14.0 Å². The van der Waals surface area contributed by atoms with E-state index in [0.29, 0.717) is 17.2 Å². The van der Waals surface area contributed by atoms with E-state index < -0.39 is 0 Å². The first-order valence-corrected chi connectivity index (χ1v) is 11.6. The Hall–Kier alpha value is -1.37. The van der Waals surface area contributed by atoms with Crippen molar-refractivity contribution in [3.63, 3.8) is 0 Å². The molecule has 1 aliphatic carbocycles. The molecule has 1 saturated carbocycles. The van der Waals surface area contributed by atoms with Crippen LogP contribution in [0.1, 0.15) is 71.3 Å². The maximum Gasteiger partial charge on any atom is 0.494 e. The van der Waals surface area contributed by atoms with Gasteiger partial charge in [0.15, 0.2) is 0 Å². The first-order valence-electron chi connectivity index (χ1n) is 11.6. The highest BCUT2D eigenvalue weighted by molar-refractivity contribution is 6.62. The van der Waals surface area contributed by atoms with Crippen molar-refractivity contribution in [1.29, 1.82) is 5.41 Å². The SMILES string of the molecule is CC1(C)OB(c2ccc(C3CC34CCN(C(=N)[C@H]3CCCO3)CC4)cc2)OC1(C)C. The lowest BCUT2D eigenvalue weighted by Gasteiger charge is -2.36. The van der Waals surface area contributed by atoms with Crippen molar-refractivity contribution in [2.75, 3.05) is 19.7 Å². The zero-order valence-corrected chi connectivity index (χ0v) is 18.9. The molecule has 1 unspecified atom stereocenters. The second-order valence-corrected chi connectivity index (χ2v) is 10.7. The highest BCUT2D eigenvalue weighted by Crippen LogP contribution is 2.64. The fraction of sp³-hybridized carbons (Fsp3) is 0.708. The molecule has 0 aromatic heterocycles. The number of benzene rings is 1. The standard InChI is InChI=1S/C24H35BN2O3/c1-22(2)23(3,4)30-25(29-22)18-9-7-17(8-10-18)19-16-24(19)11-13-27(14-12-24)21(26)20-6-5-15-28-20/h7-10,19-20,26H,5-6,11-16H2,1-4H3/t19?,20-/m1/s1. The summed E-state index contributed by atoms with van der Waals surface area (Å²) in [6.45, 7) is 11.2. The molecular weight excluding hydrogens is 375 g/mol. The Kier molecular flexibility index (Phi) is 4.84. The van der Waals surface area contributed by atoms with E-state index in [4.69, 9.17) is 19.5 Å². The van der Waals surface area contributed by atoms with Crippen LogP contribution in [-0.4, -0.2) is 54.9 Å². The van der Waals surface area contributed by atoms with Gasteiger partial charge in [-0.15, -0.1) is 0 Å². The number of rotatable bonds is 3. The van der Waals surface area contributed by atoms with Gasteiger partial charge in [-0.3, -0.25) is 5.41 Å². The van der Waals surface area contributed by atoms with Gasteiger partial charge in [0, 0.05) is 19.7 Å². The largest absolute Gasteiger partial charge is 0.494 e. The van der Waals surface area contributed by atoms with Gasteiger partial charge in [0.25, 0.3) is 0 Å². The van der Waals surface area contributed by atoms with E-state index >= 15 is 0 Å². The molecule has 0 bridgehead atoms. The van der Waals surface area contributed by atoms with E-state index in [-0.39, 0.29) is 24.4 Å². The predicted octanol–water partition coefficient (Wildman–Crippen LogP) is 3.71. The van der Waals surface area contributed by atoms with Crippen molar-refractivity contribution >= 4 is 18.4 Å². The molecule has 1 N–H and O–H groups in total. The minimum absolute atomic E-state index is 0.0385. The maximum atomic E-state index is 8.48. The fourth-order valence-corrected chi connectivity index (χ4v) is 5.43. The summed E-state index contributed by atoms with van der Waals surface area (Å²) in [5.74, 6) is 1.37. The van der Waals surface area contributed by atoms with Gasteiger partial charge in [-0.25, -0.2) is 0 Å². The molecule has 2 atom stereocenters. The van der Waals surface area contributed by atoms with Crippen molar-refractivity contribution in [3.05, 3.63) is 29.8 Å². The molecule has 5 rings (SSSR count). The van der Waals surface area contributed by atoms with Crippen molar-refractivity contribution in [2.24, 2.45) is 5.41 Å². The number of ether oxygens (including phenoxy) is 1. The fourth-order valence-electron chi connectivity index (χ4n) is 5.43. The van der Waals surface area contributed by atoms with E-state index in [1.165, 1.54) is 24.8 Å². The van der Waals surface area contributed by atoms with Gasteiger partial charge in [0.1, 0.15) is 11.9 Å². The lowest BCUT2D eigenvalue weighted by molar-refractivity contribution is 0.00578. The molecule has 4 aliphatic rings. The van der Waals surface area contributed by atoms with Crippen LogP contribution in [0.15, 0.2) is 24.3 Å². The summed E-state index contributed by atoms with van der Waals surface area (Å²) in [6, 6.07) is 8.93. The quantitative estimate of drug-likeness (QED) is 0.469. The van der Waals surface area contributed by atoms with E-state index in [1.807, 2.05) is 0 Å². The first kappa shape index (κ1) is 20.5. The van der Waals surface area contributed by atoms with E-state index in [0.717, 1.165) is 38.0 Å². The van der Waals surface area contributed by atoms with Crippen molar-refractivity contribution < 1.29 is 14.0 Å². The molecule has 0 amide bonds. The molecule has 1 aromatic carbocycles. The summed E-state index contributed by atoms with van der Waals surface area (Å²) in [6.07, 6.45) is 5.80. The van der Waals surface area contributed by atoms with Crippen LogP contribution in [0.2, 0.25) is 0 Å². The molecule has 162 valence electrons. The lowest BCUT2D eigenvalue weighted by atomic mass is 9.78. The Morgan fingerprint density at radius 3 is 2.23 bits per heavy atom. The van der Waals surface area contributed by atoms with Crippen molar-refractivity contribution in [2.45, 2.75) is 83.0 Å². The molecule has 3 saturated heterocycles. The molecule has 1 spiro atoms. The third-order valence-corrected chi connectivity index (χ3v) is 8.39. The van der Waals surface area contributed by atoms with E-state index in [1.54, 1.807) is 0 Å². The Balaban J connectivity index is 1.19. The molecular formula is C24H35BN2O3. The molecule has 6 heteroatoms. The summed E-state index contributed by atoms with van der Waals surface area (Å²) < 4.78 is 18.1. The highest BCUT2D eigenvalue weighted by atomic mass is 16.7. The molecule has 4 fully saturated rings. The average molecular weight is 410 g/mol. The van der Waals surface area contributed by atoms with Gasteiger partial charge in [-0.05, 0) is 82.2 Å². The molecule has 1 aromatic rings. The van der Waals surface area contributed by atoms with Crippen LogP contribution >= 0.6 is 0 Å². The molecule has 5 nitrogen and oxygen atoms in total. The number of amidine groups is 1. The Morgan fingerprint density at radius 1 is 1.03 bits per heavy atom. The second-order valence-electron chi connectivity index (χ2n) is 10.7. The Labute approximate surface area is 181 Å². The molecule has 3 aliphatic heterocycles. The van der Waals surface area contributed by atoms with Gasteiger partial charge in [0.2, 0.25) is 0 Å². The summed E-state index contributed by atoms with van der Waals surface area (Å²) in [5.41, 5.74) is 2.38. The number of piperidine rings is 1. The van der Waals surface area contributed by atoms with Gasteiger partial charge in [-0.2, -0.15) is 0 Å². The van der Waals surface area contributed by atoms with Crippen LogP contribution in [0.5, 0.6) is 0 Å². The minimum atomic E-state index is -0.303. The zero-order valence-electron chi connectivity index (χ0n) is 18.9. The van der Waals surface area contributed by atoms with Gasteiger partial charge in [0.05, 0.1) is 11.2 Å². The predicted molar refractivity (Wildman–Crippen MR) is 119 cm³/mol. The van der Waals surface area contributed by atoms with Gasteiger partial charge < -0.3 is 18.9 Å². The molecule has 30 heavy (non-hydrogen) atoms. The van der Waals surface area contributed by atoms with Crippen LogP contribution < -0.4 is 5.46 Å². The highest BCUT2D eigenvalue weighted by Gasteiger charge is 2.56. The lowest BCUT2D eigenvalue weighted by Crippen LogP contribution is -2.44. The van der Waals surface area contributed by atoms with Crippen LogP contribution in [0, 0.1) is 10.8 Å². The summed E-state index contributed by atoms with van der Waals surface area (Å²) in [7, 11) is -0.288. The maximum absolute atomic E-state index is 8.48. The smallest absolute Gasteiger partial charge is 0.399 e. The topological polar surface area (TPSA) is 54.8 Å². The third-order valence-electron chi connectivity index (χ3n) is 8.39. The van der Waals surface area contributed by atoms with Crippen LogP contribution in [0.25, 0.3) is 0 Å². The van der Waals surface area contributed by atoms with Crippen molar-refractivity contribution in [3.8, 4) is 0 Å². The Morgan fingerprint density at radius 2 is 1.67 bits per heavy atom. The van der Waals surface area contributed by atoms with Crippen LogP contribution in [0.4, 0.5) is 0 Å². The summed E-state index contributed by atoms with van der Waals surface area (Å²) >= 11 is 0. The van der Waals surface area contributed by atoms with E-state index in [2.05, 4.69) is 56.9 Å². The van der Waals surface area contributed by atoms with Crippen LogP contribution in [0.3, 0.4) is 0 Å². The monoisotopic (exact) mass is 410 g/mol. The number of hydrogen-bond acceptors (Lipinski definition) is 4. The van der Waals surface area contributed by atoms with Gasteiger partial charge in [-0.1, -0.05) is 24.3 Å². The Bertz CT molecular complexity index is 792. The number of nitrogens with zero attached hydrogens (tertiary/aromatic N) is 1. The number of hydrogen-bond donors (Lipinski definition) is 1. The normalized spacial score (nSPS) is 31.3.